The Morgan fingerprint density at radius 1 is 1.38 bits per heavy atom. The van der Waals surface area contributed by atoms with Gasteiger partial charge in [-0.15, -0.1) is 0 Å². The molecule has 0 radical (unpaired) electrons. The molecule has 0 aliphatic heterocycles. The van der Waals surface area contributed by atoms with Gasteiger partial charge in [-0.05, 0) is 31.5 Å². The summed E-state index contributed by atoms with van der Waals surface area (Å²) in [6, 6.07) is 5.20. The molecule has 2 N–H and O–H groups in total. The molecular formula is C14H15ClFN3O2. The zero-order valence-corrected chi connectivity index (χ0v) is 12.6. The third-order valence-corrected chi connectivity index (χ3v) is 3.48. The first-order valence-electron chi connectivity index (χ1n) is 6.25. The lowest BCUT2D eigenvalue weighted by atomic mass is 9.94. The van der Waals surface area contributed by atoms with Crippen molar-refractivity contribution in [3.8, 4) is 0 Å². The van der Waals surface area contributed by atoms with E-state index in [0.717, 1.165) is 0 Å². The minimum absolute atomic E-state index is 0.200. The summed E-state index contributed by atoms with van der Waals surface area (Å²) in [6.07, 6.45) is 0. The van der Waals surface area contributed by atoms with Gasteiger partial charge in [0.05, 0.1) is 5.54 Å². The van der Waals surface area contributed by atoms with E-state index in [0.29, 0.717) is 5.56 Å². The Labute approximate surface area is 125 Å². The Morgan fingerprint density at radius 2 is 2.05 bits per heavy atom. The predicted molar refractivity (Wildman–Crippen MR) is 77.9 cm³/mol. The summed E-state index contributed by atoms with van der Waals surface area (Å²) in [4.78, 5) is 23.5. The number of benzene rings is 1. The number of carbonyl (C=O) groups excluding carboxylic acids is 1. The van der Waals surface area contributed by atoms with Gasteiger partial charge in [0.1, 0.15) is 11.5 Å². The van der Waals surface area contributed by atoms with Crippen molar-refractivity contribution in [3.05, 3.63) is 56.7 Å². The largest absolute Gasteiger partial charge is 0.342 e. The van der Waals surface area contributed by atoms with Gasteiger partial charge in [0.25, 0.3) is 11.5 Å². The van der Waals surface area contributed by atoms with Crippen LogP contribution in [0.2, 0.25) is 5.02 Å². The maximum absolute atomic E-state index is 13.1. The molecule has 1 aromatic carbocycles. The Bertz CT molecular complexity index is 749. The Kier molecular flexibility index (Phi) is 3.91. The highest BCUT2D eigenvalue weighted by atomic mass is 35.5. The lowest BCUT2D eigenvalue weighted by molar-refractivity contribution is 0.0902. The molecule has 0 fully saturated rings. The number of amides is 1. The number of nitrogens with one attached hydrogen (secondary N) is 2. The fourth-order valence-electron chi connectivity index (χ4n) is 2.11. The quantitative estimate of drug-likeness (QED) is 0.912. The molecule has 1 heterocycles. The number of aryl methyl sites for hydroxylation is 1. The zero-order valence-electron chi connectivity index (χ0n) is 11.8. The van der Waals surface area contributed by atoms with Gasteiger partial charge in [-0.2, -0.15) is 0 Å². The van der Waals surface area contributed by atoms with Gasteiger partial charge in [0.15, 0.2) is 0 Å². The summed E-state index contributed by atoms with van der Waals surface area (Å²) in [7, 11) is 1.56. The van der Waals surface area contributed by atoms with Crippen molar-refractivity contribution in [2.24, 2.45) is 7.05 Å². The van der Waals surface area contributed by atoms with E-state index >= 15 is 0 Å². The van der Waals surface area contributed by atoms with Crippen molar-refractivity contribution in [1.29, 1.82) is 0 Å². The Morgan fingerprint density at radius 3 is 2.57 bits per heavy atom. The normalized spacial score (nSPS) is 11.5. The van der Waals surface area contributed by atoms with Crippen LogP contribution in [0.1, 0.15) is 29.9 Å². The molecule has 0 saturated carbocycles. The van der Waals surface area contributed by atoms with Crippen molar-refractivity contribution >= 4 is 17.5 Å². The second-order valence-corrected chi connectivity index (χ2v) is 5.68. The topological polar surface area (TPSA) is 66.9 Å². The van der Waals surface area contributed by atoms with Crippen LogP contribution in [-0.2, 0) is 12.6 Å². The number of hydrogen-bond donors (Lipinski definition) is 2. The molecule has 0 spiro atoms. The molecule has 0 unspecified atom stereocenters. The SMILES string of the molecule is Cn1[nH]c(=O)cc1C(=O)NC(C)(C)c1ccc(F)cc1Cl. The van der Waals surface area contributed by atoms with E-state index in [1.54, 1.807) is 20.9 Å². The standard InChI is InChI=1S/C14H15ClFN3O2/c1-14(2,9-5-4-8(16)6-10(9)15)17-13(21)11-7-12(20)18-19(11)3/h4-7H,1-3H3,(H,17,21)(H,18,20). The minimum atomic E-state index is -0.824. The molecule has 2 aromatic rings. The van der Waals surface area contributed by atoms with E-state index < -0.39 is 17.3 Å². The molecule has 0 bridgehead atoms. The molecule has 1 amide bonds. The summed E-state index contributed by atoms with van der Waals surface area (Å²) in [5.41, 5.74) is -0.402. The molecule has 112 valence electrons. The van der Waals surface area contributed by atoms with Crippen LogP contribution < -0.4 is 10.9 Å². The second-order valence-electron chi connectivity index (χ2n) is 5.27. The van der Waals surface area contributed by atoms with Gasteiger partial charge < -0.3 is 5.32 Å². The van der Waals surface area contributed by atoms with Gasteiger partial charge in [0.2, 0.25) is 0 Å². The summed E-state index contributed by atoms with van der Waals surface area (Å²) in [6.45, 7) is 3.49. The lowest BCUT2D eigenvalue weighted by Gasteiger charge is -2.27. The average molecular weight is 312 g/mol. The van der Waals surface area contributed by atoms with Crippen LogP contribution >= 0.6 is 11.6 Å². The third-order valence-electron chi connectivity index (χ3n) is 3.17. The molecule has 7 heteroatoms. The van der Waals surface area contributed by atoms with Crippen molar-refractivity contribution in [2.45, 2.75) is 19.4 Å². The van der Waals surface area contributed by atoms with Crippen LogP contribution in [0, 0.1) is 5.82 Å². The zero-order chi connectivity index (χ0) is 15.8. The summed E-state index contributed by atoms with van der Waals surface area (Å²) in [5.74, 6) is -0.875. The number of halogens is 2. The summed E-state index contributed by atoms with van der Waals surface area (Å²) in [5, 5.41) is 5.46. The molecule has 0 aliphatic carbocycles. The minimum Gasteiger partial charge on any atom is -0.342 e. The highest BCUT2D eigenvalue weighted by molar-refractivity contribution is 6.31. The summed E-state index contributed by atoms with van der Waals surface area (Å²) >= 11 is 6.03. The summed E-state index contributed by atoms with van der Waals surface area (Å²) < 4.78 is 14.4. The highest BCUT2D eigenvalue weighted by Gasteiger charge is 2.27. The van der Waals surface area contributed by atoms with Gasteiger partial charge in [-0.1, -0.05) is 17.7 Å². The molecule has 0 saturated heterocycles. The average Bonchev–Trinajstić information content (AvgIpc) is 2.67. The Balaban J connectivity index is 2.30. The molecule has 2 rings (SSSR count). The van der Waals surface area contributed by atoms with Crippen LogP contribution in [0.15, 0.2) is 29.1 Å². The number of nitrogens with zero attached hydrogens (tertiary/aromatic N) is 1. The van der Waals surface area contributed by atoms with E-state index in [1.165, 1.54) is 28.9 Å². The molecule has 0 atom stereocenters. The molecule has 1 aromatic heterocycles. The van der Waals surface area contributed by atoms with Gasteiger partial charge in [0, 0.05) is 18.1 Å². The van der Waals surface area contributed by atoms with Crippen molar-refractivity contribution in [2.75, 3.05) is 0 Å². The van der Waals surface area contributed by atoms with E-state index in [4.69, 9.17) is 11.6 Å². The first-order valence-corrected chi connectivity index (χ1v) is 6.62. The smallest absolute Gasteiger partial charge is 0.270 e. The fraction of sp³-hybridized carbons (Fsp3) is 0.286. The van der Waals surface area contributed by atoms with Crippen LogP contribution in [0.4, 0.5) is 4.39 Å². The predicted octanol–water partition coefficient (Wildman–Crippen LogP) is 2.17. The number of carbonyl (C=O) groups is 1. The Hall–Kier alpha value is -2.08. The number of hydrogen-bond acceptors (Lipinski definition) is 2. The molecule has 5 nitrogen and oxygen atoms in total. The van der Waals surface area contributed by atoms with E-state index in [-0.39, 0.29) is 16.3 Å². The highest BCUT2D eigenvalue weighted by Crippen LogP contribution is 2.28. The first-order chi connectivity index (χ1) is 9.70. The van der Waals surface area contributed by atoms with E-state index in [2.05, 4.69) is 10.4 Å². The monoisotopic (exact) mass is 311 g/mol. The van der Waals surface area contributed by atoms with Crippen molar-refractivity contribution in [1.82, 2.24) is 15.1 Å². The number of aromatic amines is 1. The lowest BCUT2D eigenvalue weighted by Crippen LogP contribution is -2.41. The first kappa shape index (κ1) is 15.3. The van der Waals surface area contributed by atoms with E-state index in [1.807, 2.05) is 0 Å². The van der Waals surface area contributed by atoms with Crippen LogP contribution in [0.5, 0.6) is 0 Å². The van der Waals surface area contributed by atoms with Gasteiger partial charge in [-0.25, -0.2) is 4.39 Å². The second kappa shape index (κ2) is 5.37. The number of H-pyrrole nitrogens is 1. The molecule has 21 heavy (non-hydrogen) atoms. The molecule has 0 aliphatic rings. The van der Waals surface area contributed by atoms with Crippen LogP contribution in [0.3, 0.4) is 0 Å². The molecular weight excluding hydrogens is 297 g/mol. The van der Waals surface area contributed by atoms with Gasteiger partial charge in [-0.3, -0.25) is 19.4 Å². The van der Waals surface area contributed by atoms with Crippen molar-refractivity contribution in [3.63, 3.8) is 0 Å². The van der Waals surface area contributed by atoms with Crippen LogP contribution in [0.25, 0.3) is 0 Å². The van der Waals surface area contributed by atoms with Gasteiger partial charge >= 0.3 is 0 Å². The van der Waals surface area contributed by atoms with E-state index in [9.17, 15) is 14.0 Å². The van der Waals surface area contributed by atoms with Crippen LogP contribution in [-0.4, -0.2) is 15.7 Å². The fourth-order valence-corrected chi connectivity index (χ4v) is 2.51. The van der Waals surface area contributed by atoms with Crippen molar-refractivity contribution < 1.29 is 9.18 Å². The maximum Gasteiger partial charge on any atom is 0.270 e. The number of aromatic nitrogens is 2. The number of rotatable bonds is 3. The third kappa shape index (κ3) is 3.16. The maximum atomic E-state index is 13.1.